The number of fused-ring (bicyclic) bond motifs is 7. The minimum atomic E-state index is 0.953. The molecule has 0 saturated carbocycles. The first kappa shape index (κ1) is 14.2. The van der Waals surface area contributed by atoms with Gasteiger partial charge in [0, 0.05) is 0 Å². The molecule has 0 radical (unpaired) electrons. The third-order valence-corrected chi connectivity index (χ3v) is 5.14. The Balaban J connectivity index is 1.95. The normalized spacial score (nSPS) is 11.8. The Morgan fingerprint density at radius 3 is 1.00 bits per heavy atom. The Morgan fingerprint density at radius 1 is 0.320 bits per heavy atom. The van der Waals surface area contributed by atoms with Crippen LogP contribution in [-0.2, 0) is 6.42 Å². The van der Waals surface area contributed by atoms with Crippen LogP contribution in [0, 0.1) is 0 Å². The molecule has 0 spiro atoms. The number of hydrogen-bond donors (Lipinski definition) is 0. The quantitative estimate of drug-likeness (QED) is 0.302. The van der Waals surface area contributed by atoms with E-state index in [0.717, 1.165) is 6.42 Å². The molecule has 0 heterocycles. The summed E-state index contributed by atoms with van der Waals surface area (Å²) in [6.07, 6.45) is 0.953. The lowest BCUT2D eigenvalue weighted by Crippen LogP contribution is -1.93. The van der Waals surface area contributed by atoms with Crippen LogP contribution in [0.15, 0.2) is 97.1 Å². The van der Waals surface area contributed by atoms with Crippen molar-refractivity contribution in [2.75, 3.05) is 0 Å². The van der Waals surface area contributed by atoms with Crippen LogP contribution in [0.25, 0.3) is 33.4 Å². The van der Waals surface area contributed by atoms with Gasteiger partial charge in [-0.3, -0.25) is 0 Å². The van der Waals surface area contributed by atoms with Gasteiger partial charge in [-0.05, 0) is 50.9 Å². The second-order valence-electron chi connectivity index (χ2n) is 6.58. The lowest BCUT2D eigenvalue weighted by molar-refractivity contribution is 1.20. The fourth-order valence-electron chi connectivity index (χ4n) is 3.99. The van der Waals surface area contributed by atoms with E-state index in [1.165, 1.54) is 44.5 Å². The summed E-state index contributed by atoms with van der Waals surface area (Å²) >= 11 is 0. The maximum atomic E-state index is 2.26. The molecule has 118 valence electrons. The van der Waals surface area contributed by atoms with E-state index in [1.54, 1.807) is 0 Å². The van der Waals surface area contributed by atoms with Gasteiger partial charge in [-0.25, -0.2) is 0 Å². The predicted molar refractivity (Wildman–Crippen MR) is 106 cm³/mol. The van der Waals surface area contributed by atoms with Crippen molar-refractivity contribution in [3.05, 3.63) is 108 Å². The maximum Gasteiger partial charge on any atom is -0.00135 e. The minimum Gasteiger partial charge on any atom is -0.0619 e. The molecular formula is C25H18. The van der Waals surface area contributed by atoms with E-state index in [0.29, 0.717) is 0 Å². The van der Waals surface area contributed by atoms with Crippen LogP contribution >= 0.6 is 0 Å². The highest BCUT2D eigenvalue weighted by Gasteiger charge is 2.18. The maximum absolute atomic E-state index is 2.26. The Hall–Kier alpha value is -3.12. The lowest BCUT2D eigenvalue weighted by atomic mass is 9.89. The summed E-state index contributed by atoms with van der Waals surface area (Å²) in [7, 11) is 0. The first-order valence-corrected chi connectivity index (χ1v) is 8.77. The van der Waals surface area contributed by atoms with E-state index in [2.05, 4.69) is 97.1 Å². The predicted octanol–water partition coefficient (Wildman–Crippen LogP) is 6.59. The van der Waals surface area contributed by atoms with Crippen LogP contribution in [0.5, 0.6) is 0 Å². The zero-order valence-corrected chi connectivity index (χ0v) is 13.9. The molecule has 0 aliphatic heterocycles. The van der Waals surface area contributed by atoms with Crippen molar-refractivity contribution in [2.45, 2.75) is 6.42 Å². The first-order chi connectivity index (χ1) is 12.4. The second kappa shape index (κ2) is 5.75. The molecule has 0 aromatic heterocycles. The SMILES string of the molecule is c1ccc2c(c1)Cc1ccccc1-c1ccccc1-c1ccccc1-2. The molecule has 0 nitrogen and oxygen atoms in total. The van der Waals surface area contributed by atoms with Gasteiger partial charge in [0.25, 0.3) is 0 Å². The van der Waals surface area contributed by atoms with Gasteiger partial charge in [0.15, 0.2) is 0 Å². The van der Waals surface area contributed by atoms with E-state index in [-0.39, 0.29) is 0 Å². The van der Waals surface area contributed by atoms with E-state index in [4.69, 9.17) is 0 Å². The molecule has 5 rings (SSSR count). The molecule has 0 atom stereocenters. The Morgan fingerprint density at radius 2 is 0.600 bits per heavy atom. The summed E-state index contributed by atoms with van der Waals surface area (Å²) in [5.41, 5.74) is 10.7. The lowest BCUT2D eigenvalue weighted by Gasteiger charge is -2.14. The molecule has 1 aliphatic rings. The van der Waals surface area contributed by atoms with Gasteiger partial charge in [0.1, 0.15) is 0 Å². The Bertz CT molecular complexity index is 985. The summed E-state index contributed by atoms with van der Waals surface area (Å²) in [6.45, 7) is 0. The van der Waals surface area contributed by atoms with Gasteiger partial charge in [-0.15, -0.1) is 0 Å². The Kier molecular flexibility index (Phi) is 3.28. The van der Waals surface area contributed by atoms with Gasteiger partial charge in [-0.1, -0.05) is 97.1 Å². The standard InChI is InChI=1S/C25H18/c1-3-11-20-18(9-1)17-19-10-2-4-12-21(19)23-14-6-8-16-25(23)24-15-7-5-13-22(20)24/h1-16H,17H2. The summed E-state index contributed by atoms with van der Waals surface area (Å²) in [5, 5.41) is 0. The number of hydrogen-bond acceptors (Lipinski definition) is 0. The van der Waals surface area contributed by atoms with Gasteiger partial charge >= 0.3 is 0 Å². The molecular weight excluding hydrogens is 300 g/mol. The van der Waals surface area contributed by atoms with Gasteiger partial charge < -0.3 is 0 Å². The average molecular weight is 318 g/mol. The van der Waals surface area contributed by atoms with Crippen molar-refractivity contribution in [3.63, 3.8) is 0 Å². The fraction of sp³-hybridized carbons (Fsp3) is 0.0400. The largest absolute Gasteiger partial charge is 0.0619 e. The van der Waals surface area contributed by atoms with E-state index in [1.807, 2.05) is 0 Å². The molecule has 0 fully saturated rings. The zero-order chi connectivity index (χ0) is 16.6. The highest BCUT2D eigenvalue weighted by atomic mass is 14.2. The van der Waals surface area contributed by atoms with Crippen molar-refractivity contribution in [2.24, 2.45) is 0 Å². The molecule has 0 bridgehead atoms. The molecule has 0 saturated heterocycles. The van der Waals surface area contributed by atoms with Crippen molar-refractivity contribution in [1.82, 2.24) is 0 Å². The van der Waals surface area contributed by atoms with Crippen molar-refractivity contribution in [1.29, 1.82) is 0 Å². The summed E-state index contributed by atoms with van der Waals surface area (Å²) in [5.74, 6) is 0. The highest BCUT2D eigenvalue weighted by molar-refractivity contribution is 5.93. The van der Waals surface area contributed by atoms with Crippen molar-refractivity contribution >= 4 is 0 Å². The van der Waals surface area contributed by atoms with Crippen LogP contribution in [0.1, 0.15) is 11.1 Å². The number of benzene rings is 4. The van der Waals surface area contributed by atoms with Crippen molar-refractivity contribution < 1.29 is 0 Å². The van der Waals surface area contributed by atoms with Crippen LogP contribution in [0.4, 0.5) is 0 Å². The van der Waals surface area contributed by atoms with Crippen LogP contribution < -0.4 is 0 Å². The summed E-state index contributed by atoms with van der Waals surface area (Å²) in [4.78, 5) is 0. The topological polar surface area (TPSA) is 0 Å². The Labute approximate surface area is 148 Å². The molecule has 4 aromatic carbocycles. The third kappa shape index (κ3) is 2.30. The summed E-state index contributed by atoms with van der Waals surface area (Å²) < 4.78 is 0. The molecule has 1 aliphatic carbocycles. The van der Waals surface area contributed by atoms with Crippen LogP contribution in [0.3, 0.4) is 0 Å². The van der Waals surface area contributed by atoms with E-state index >= 15 is 0 Å². The average Bonchev–Trinajstić information content (AvgIpc) is 2.73. The van der Waals surface area contributed by atoms with E-state index < -0.39 is 0 Å². The molecule has 0 unspecified atom stereocenters. The molecule has 0 heteroatoms. The third-order valence-electron chi connectivity index (χ3n) is 5.14. The van der Waals surface area contributed by atoms with Crippen LogP contribution in [0.2, 0.25) is 0 Å². The van der Waals surface area contributed by atoms with Gasteiger partial charge in [-0.2, -0.15) is 0 Å². The smallest absolute Gasteiger partial charge is 0.00135 e. The molecule has 25 heavy (non-hydrogen) atoms. The monoisotopic (exact) mass is 318 g/mol. The second-order valence-corrected chi connectivity index (χ2v) is 6.58. The minimum absolute atomic E-state index is 0.953. The first-order valence-electron chi connectivity index (χ1n) is 8.77. The van der Waals surface area contributed by atoms with Gasteiger partial charge in [0.05, 0.1) is 0 Å². The molecule has 0 N–H and O–H groups in total. The summed E-state index contributed by atoms with van der Waals surface area (Å²) in [6, 6.07) is 35.2. The highest BCUT2D eigenvalue weighted by Crippen LogP contribution is 2.42. The van der Waals surface area contributed by atoms with E-state index in [9.17, 15) is 0 Å². The molecule has 0 amide bonds. The zero-order valence-electron chi connectivity index (χ0n) is 13.9. The number of rotatable bonds is 0. The van der Waals surface area contributed by atoms with Crippen LogP contribution in [-0.4, -0.2) is 0 Å². The molecule has 4 aromatic rings. The fourth-order valence-corrected chi connectivity index (χ4v) is 3.99. The van der Waals surface area contributed by atoms with Crippen molar-refractivity contribution in [3.8, 4) is 33.4 Å². The van der Waals surface area contributed by atoms with Gasteiger partial charge in [0.2, 0.25) is 0 Å².